The van der Waals surface area contributed by atoms with E-state index in [1.165, 1.54) is 5.56 Å². The zero-order valence-electron chi connectivity index (χ0n) is 14.5. The van der Waals surface area contributed by atoms with E-state index >= 15 is 0 Å². The van der Waals surface area contributed by atoms with Crippen LogP contribution in [0.25, 0.3) is 0 Å². The summed E-state index contributed by atoms with van der Waals surface area (Å²) in [7, 11) is 2.17. The minimum atomic E-state index is -0.0445. The highest BCUT2D eigenvalue weighted by molar-refractivity contribution is 9.10. The molecule has 0 aliphatic carbocycles. The van der Waals surface area contributed by atoms with Gasteiger partial charge in [-0.05, 0) is 42.4 Å². The van der Waals surface area contributed by atoms with Gasteiger partial charge in [0, 0.05) is 49.3 Å². The van der Waals surface area contributed by atoms with Crippen molar-refractivity contribution in [2.45, 2.75) is 13.1 Å². The third-order valence-corrected chi connectivity index (χ3v) is 5.08. The van der Waals surface area contributed by atoms with Crippen molar-refractivity contribution in [2.75, 3.05) is 33.2 Å². The molecule has 25 heavy (non-hydrogen) atoms. The Kier molecular flexibility index (Phi) is 6.24. The van der Waals surface area contributed by atoms with E-state index in [9.17, 15) is 4.79 Å². The zero-order valence-corrected chi connectivity index (χ0v) is 16.1. The van der Waals surface area contributed by atoms with Crippen LogP contribution in [0.15, 0.2) is 53.0 Å². The Morgan fingerprint density at radius 1 is 1.04 bits per heavy atom. The second-order valence-corrected chi connectivity index (χ2v) is 7.50. The van der Waals surface area contributed by atoms with Gasteiger partial charge in [0.15, 0.2) is 0 Å². The number of piperazine rings is 1. The zero-order chi connectivity index (χ0) is 17.6. The smallest absolute Gasteiger partial charge is 0.251 e. The lowest BCUT2D eigenvalue weighted by molar-refractivity contribution is 0.0951. The van der Waals surface area contributed by atoms with Gasteiger partial charge >= 0.3 is 0 Å². The molecule has 0 spiro atoms. The number of hydrogen-bond acceptors (Lipinski definition) is 3. The number of carbonyl (C=O) groups is 1. The molecule has 1 heterocycles. The minimum absolute atomic E-state index is 0.0445. The standard InChI is InChI=1S/C20H24BrN3O/c1-23-9-11-24(12-10-23)15-17-4-2-3-16(13-17)14-22-20(25)18-5-7-19(21)8-6-18/h2-8,13H,9-12,14-15H2,1H3,(H,22,25). The third-order valence-electron chi connectivity index (χ3n) is 4.55. The van der Waals surface area contributed by atoms with Crippen LogP contribution < -0.4 is 5.32 Å². The first-order valence-electron chi connectivity index (χ1n) is 8.62. The molecule has 2 aromatic carbocycles. The first-order chi connectivity index (χ1) is 12.1. The number of nitrogens with one attached hydrogen (secondary N) is 1. The molecule has 0 aromatic heterocycles. The first-order valence-corrected chi connectivity index (χ1v) is 9.42. The van der Waals surface area contributed by atoms with Gasteiger partial charge in [-0.15, -0.1) is 0 Å². The summed E-state index contributed by atoms with van der Waals surface area (Å²) in [6.07, 6.45) is 0. The molecule has 1 fully saturated rings. The van der Waals surface area contributed by atoms with Crippen LogP contribution in [0.3, 0.4) is 0 Å². The number of hydrogen-bond donors (Lipinski definition) is 1. The lowest BCUT2D eigenvalue weighted by Crippen LogP contribution is -2.43. The summed E-state index contributed by atoms with van der Waals surface area (Å²) in [5, 5.41) is 3.00. The van der Waals surface area contributed by atoms with Crippen molar-refractivity contribution in [3.8, 4) is 0 Å². The number of benzene rings is 2. The van der Waals surface area contributed by atoms with Gasteiger partial charge in [-0.1, -0.05) is 40.2 Å². The normalized spacial score (nSPS) is 15.9. The van der Waals surface area contributed by atoms with E-state index in [1.54, 1.807) is 0 Å². The predicted octanol–water partition coefficient (Wildman–Crippen LogP) is 3.13. The molecular formula is C20H24BrN3O. The lowest BCUT2D eigenvalue weighted by Gasteiger charge is -2.32. The molecule has 0 atom stereocenters. The summed E-state index contributed by atoms with van der Waals surface area (Å²) in [4.78, 5) is 17.1. The molecule has 1 aliphatic rings. The van der Waals surface area contributed by atoms with Crippen molar-refractivity contribution >= 4 is 21.8 Å². The SMILES string of the molecule is CN1CCN(Cc2cccc(CNC(=O)c3ccc(Br)cc3)c2)CC1. The Labute approximate surface area is 158 Å². The molecule has 1 aliphatic heterocycles. The summed E-state index contributed by atoms with van der Waals surface area (Å²) in [6.45, 7) is 6.00. The second-order valence-electron chi connectivity index (χ2n) is 6.59. The maximum absolute atomic E-state index is 12.2. The van der Waals surface area contributed by atoms with Crippen LogP contribution >= 0.6 is 15.9 Å². The Hall–Kier alpha value is -1.69. The van der Waals surface area contributed by atoms with Crippen LogP contribution in [0.2, 0.25) is 0 Å². The maximum Gasteiger partial charge on any atom is 0.251 e. The molecule has 0 bridgehead atoms. The Balaban J connectivity index is 1.54. The molecule has 0 saturated carbocycles. The van der Waals surface area contributed by atoms with Gasteiger partial charge in [-0.2, -0.15) is 0 Å². The number of amides is 1. The largest absolute Gasteiger partial charge is 0.348 e. The van der Waals surface area contributed by atoms with Crippen molar-refractivity contribution < 1.29 is 4.79 Å². The van der Waals surface area contributed by atoms with Crippen molar-refractivity contribution in [3.05, 3.63) is 69.7 Å². The van der Waals surface area contributed by atoms with Crippen molar-refractivity contribution in [1.82, 2.24) is 15.1 Å². The molecule has 3 rings (SSSR count). The molecule has 4 nitrogen and oxygen atoms in total. The third kappa shape index (κ3) is 5.39. The van der Waals surface area contributed by atoms with Gasteiger partial charge in [0.2, 0.25) is 0 Å². The summed E-state index contributed by atoms with van der Waals surface area (Å²) < 4.78 is 0.973. The number of likely N-dealkylation sites (N-methyl/N-ethyl adjacent to an activating group) is 1. The highest BCUT2D eigenvalue weighted by atomic mass is 79.9. The van der Waals surface area contributed by atoms with Gasteiger partial charge in [-0.25, -0.2) is 0 Å². The fourth-order valence-corrected chi connectivity index (χ4v) is 3.25. The number of halogens is 1. The van der Waals surface area contributed by atoms with E-state index in [4.69, 9.17) is 0 Å². The molecule has 1 amide bonds. The summed E-state index contributed by atoms with van der Waals surface area (Å²) in [5.41, 5.74) is 3.12. The molecule has 1 saturated heterocycles. The molecule has 1 N–H and O–H groups in total. The summed E-state index contributed by atoms with van der Waals surface area (Å²) in [5.74, 6) is -0.0445. The maximum atomic E-state index is 12.2. The molecule has 0 radical (unpaired) electrons. The van der Waals surface area contributed by atoms with Gasteiger partial charge < -0.3 is 10.2 Å². The highest BCUT2D eigenvalue weighted by Gasteiger charge is 2.14. The molecule has 0 unspecified atom stereocenters. The van der Waals surface area contributed by atoms with E-state index in [-0.39, 0.29) is 5.91 Å². The molecule has 132 valence electrons. The Bertz CT molecular complexity index is 709. The quantitative estimate of drug-likeness (QED) is 0.835. The highest BCUT2D eigenvalue weighted by Crippen LogP contribution is 2.12. The van der Waals surface area contributed by atoms with Crippen LogP contribution in [0.1, 0.15) is 21.5 Å². The van der Waals surface area contributed by atoms with Gasteiger partial charge in [0.25, 0.3) is 5.91 Å². The van der Waals surface area contributed by atoms with Gasteiger partial charge in [0.1, 0.15) is 0 Å². The first kappa shape index (κ1) is 18.1. The fourth-order valence-electron chi connectivity index (χ4n) is 2.99. The number of carbonyl (C=O) groups excluding carboxylic acids is 1. The predicted molar refractivity (Wildman–Crippen MR) is 105 cm³/mol. The summed E-state index contributed by atoms with van der Waals surface area (Å²) in [6, 6.07) is 15.9. The van der Waals surface area contributed by atoms with E-state index in [1.807, 2.05) is 24.3 Å². The summed E-state index contributed by atoms with van der Waals surface area (Å²) >= 11 is 3.38. The minimum Gasteiger partial charge on any atom is -0.348 e. The van der Waals surface area contributed by atoms with Crippen LogP contribution in [0.4, 0.5) is 0 Å². The average Bonchev–Trinajstić information content (AvgIpc) is 2.63. The van der Waals surface area contributed by atoms with Crippen LogP contribution in [-0.2, 0) is 13.1 Å². The lowest BCUT2D eigenvalue weighted by atomic mass is 10.1. The van der Waals surface area contributed by atoms with E-state index in [2.05, 4.69) is 62.4 Å². The average molecular weight is 402 g/mol. The molecular weight excluding hydrogens is 378 g/mol. The van der Waals surface area contributed by atoms with E-state index in [0.717, 1.165) is 42.8 Å². The van der Waals surface area contributed by atoms with E-state index in [0.29, 0.717) is 12.1 Å². The van der Waals surface area contributed by atoms with Crippen LogP contribution in [0.5, 0.6) is 0 Å². The van der Waals surface area contributed by atoms with Gasteiger partial charge in [0.05, 0.1) is 0 Å². The molecule has 2 aromatic rings. The number of nitrogens with zero attached hydrogens (tertiary/aromatic N) is 2. The van der Waals surface area contributed by atoms with Crippen LogP contribution in [-0.4, -0.2) is 48.9 Å². The van der Waals surface area contributed by atoms with Crippen molar-refractivity contribution in [1.29, 1.82) is 0 Å². The monoisotopic (exact) mass is 401 g/mol. The topological polar surface area (TPSA) is 35.6 Å². The fraction of sp³-hybridized carbons (Fsp3) is 0.350. The Morgan fingerprint density at radius 3 is 2.44 bits per heavy atom. The van der Waals surface area contributed by atoms with Gasteiger partial charge in [-0.3, -0.25) is 9.69 Å². The van der Waals surface area contributed by atoms with Crippen molar-refractivity contribution in [2.24, 2.45) is 0 Å². The van der Waals surface area contributed by atoms with E-state index < -0.39 is 0 Å². The second kappa shape index (κ2) is 8.61. The van der Waals surface area contributed by atoms with Crippen molar-refractivity contribution in [3.63, 3.8) is 0 Å². The Morgan fingerprint density at radius 2 is 1.72 bits per heavy atom. The van der Waals surface area contributed by atoms with Crippen LogP contribution in [0, 0.1) is 0 Å². The molecule has 5 heteroatoms. The number of rotatable bonds is 5.